The summed E-state index contributed by atoms with van der Waals surface area (Å²) >= 11 is 0. The minimum absolute atomic E-state index is 0.175. The predicted molar refractivity (Wildman–Crippen MR) is 77.9 cm³/mol. The average Bonchev–Trinajstić information content (AvgIpc) is 2.94. The second-order valence-corrected chi connectivity index (χ2v) is 5.42. The van der Waals surface area contributed by atoms with Crippen LogP contribution in [0.3, 0.4) is 0 Å². The second-order valence-electron chi connectivity index (χ2n) is 5.42. The number of hydrogen-bond acceptors (Lipinski definition) is 4. The van der Waals surface area contributed by atoms with Crippen molar-refractivity contribution in [3.05, 3.63) is 59.7 Å². The molecular weight excluding hydrogens is 284 g/mol. The van der Waals surface area contributed by atoms with Crippen LogP contribution in [0, 0.1) is 0 Å². The highest BCUT2D eigenvalue weighted by atomic mass is 16.4. The zero-order valence-corrected chi connectivity index (χ0v) is 11.3. The van der Waals surface area contributed by atoms with Crippen LogP contribution in [0.2, 0.25) is 0 Å². The Bertz CT molecular complexity index is 765. The fourth-order valence-electron chi connectivity index (χ4n) is 3.20. The normalized spacial score (nSPS) is 28.8. The van der Waals surface area contributed by atoms with Crippen LogP contribution in [0.1, 0.15) is 11.1 Å². The Balaban J connectivity index is 2.02. The third-order valence-corrected chi connectivity index (χ3v) is 4.31. The van der Waals surface area contributed by atoms with Gasteiger partial charge in [0.2, 0.25) is 11.2 Å². The first-order valence-electron chi connectivity index (χ1n) is 6.76. The lowest BCUT2D eigenvalue weighted by Crippen LogP contribution is -2.57. The van der Waals surface area contributed by atoms with Crippen LogP contribution in [-0.2, 0) is 20.8 Å². The van der Waals surface area contributed by atoms with E-state index in [2.05, 4.69) is 10.6 Å². The van der Waals surface area contributed by atoms with E-state index in [1.807, 2.05) is 0 Å². The van der Waals surface area contributed by atoms with Crippen LogP contribution in [0.4, 0.5) is 11.4 Å². The summed E-state index contributed by atoms with van der Waals surface area (Å²) in [5.74, 6) is -1.66. The molecule has 2 aromatic carbocycles. The first-order chi connectivity index (χ1) is 10.5. The van der Waals surface area contributed by atoms with Crippen molar-refractivity contribution in [1.82, 2.24) is 0 Å². The molecule has 0 aromatic heterocycles. The molecule has 110 valence electrons. The van der Waals surface area contributed by atoms with E-state index in [4.69, 9.17) is 0 Å². The van der Waals surface area contributed by atoms with Gasteiger partial charge in [0, 0.05) is 22.5 Å². The molecule has 2 unspecified atom stereocenters. The summed E-state index contributed by atoms with van der Waals surface area (Å²) in [6.45, 7) is 0. The Labute approximate surface area is 125 Å². The molecule has 2 aliphatic rings. The Hall–Kier alpha value is -2.70. The lowest BCUT2D eigenvalue weighted by molar-refractivity contribution is -0.181. The van der Waals surface area contributed by atoms with E-state index in [1.54, 1.807) is 36.4 Å². The molecule has 2 aliphatic heterocycles. The highest BCUT2D eigenvalue weighted by molar-refractivity contribution is 6.15. The number of anilines is 2. The predicted octanol–water partition coefficient (Wildman–Crippen LogP) is 0.666. The molecule has 0 spiro atoms. The minimum Gasteiger partial charge on any atom is -0.372 e. The maximum absolute atomic E-state index is 12.4. The summed E-state index contributed by atoms with van der Waals surface area (Å²) in [4.78, 5) is 24.8. The molecule has 0 aliphatic carbocycles. The Morgan fingerprint density at radius 1 is 0.682 bits per heavy atom. The molecule has 22 heavy (non-hydrogen) atoms. The largest absolute Gasteiger partial charge is 0.372 e. The summed E-state index contributed by atoms with van der Waals surface area (Å²) in [7, 11) is 0. The quantitative estimate of drug-likeness (QED) is 0.621. The number of carbonyl (C=O) groups is 2. The second kappa shape index (κ2) is 3.94. The number of benzene rings is 2. The van der Waals surface area contributed by atoms with E-state index in [0.29, 0.717) is 11.4 Å². The molecule has 0 saturated heterocycles. The van der Waals surface area contributed by atoms with Crippen LogP contribution in [0.5, 0.6) is 0 Å². The molecule has 4 rings (SSSR count). The maximum Gasteiger partial charge on any atom is 0.265 e. The number of para-hydroxylation sites is 2. The molecule has 4 N–H and O–H groups in total. The molecule has 2 atom stereocenters. The monoisotopic (exact) mass is 296 g/mol. The van der Waals surface area contributed by atoms with Gasteiger partial charge in [0.25, 0.3) is 11.8 Å². The van der Waals surface area contributed by atoms with Crippen molar-refractivity contribution >= 4 is 23.2 Å². The standard InChI is InChI=1S/C16H12N2O4/c19-13-15(21,9-5-1-3-7-11(9)17-13)16(22)10-6-2-4-8-12(10)18-14(16)20/h1-8,21-22H,(H,17,19)(H,18,20). The average molecular weight is 296 g/mol. The van der Waals surface area contributed by atoms with Gasteiger partial charge in [-0.25, -0.2) is 0 Å². The fraction of sp³-hybridized carbons (Fsp3) is 0.125. The van der Waals surface area contributed by atoms with Crippen molar-refractivity contribution in [2.45, 2.75) is 11.2 Å². The van der Waals surface area contributed by atoms with E-state index < -0.39 is 23.0 Å². The number of aliphatic hydroxyl groups is 2. The van der Waals surface area contributed by atoms with Gasteiger partial charge in [0.05, 0.1) is 0 Å². The molecule has 2 amide bonds. The van der Waals surface area contributed by atoms with Gasteiger partial charge in [0.15, 0.2) is 0 Å². The van der Waals surface area contributed by atoms with Gasteiger partial charge in [-0.05, 0) is 12.1 Å². The van der Waals surface area contributed by atoms with E-state index >= 15 is 0 Å². The fourth-order valence-corrected chi connectivity index (χ4v) is 3.20. The van der Waals surface area contributed by atoms with Crippen molar-refractivity contribution in [2.24, 2.45) is 0 Å². The highest BCUT2D eigenvalue weighted by Crippen LogP contribution is 2.52. The Morgan fingerprint density at radius 3 is 1.45 bits per heavy atom. The third kappa shape index (κ3) is 1.26. The number of hydrogen-bond donors (Lipinski definition) is 4. The first kappa shape index (κ1) is 13.0. The van der Waals surface area contributed by atoms with E-state index in [1.165, 1.54) is 12.1 Å². The maximum atomic E-state index is 12.4. The molecule has 0 bridgehead atoms. The summed E-state index contributed by atoms with van der Waals surface area (Å²) in [5, 5.41) is 27.2. The van der Waals surface area contributed by atoms with Crippen molar-refractivity contribution < 1.29 is 19.8 Å². The molecule has 0 saturated carbocycles. The van der Waals surface area contributed by atoms with Crippen LogP contribution in [-0.4, -0.2) is 22.0 Å². The van der Waals surface area contributed by atoms with Gasteiger partial charge < -0.3 is 20.8 Å². The lowest BCUT2D eigenvalue weighted by atomic mass is 9.74. The number of nitrogens with one attached hydrogen (secondary N) is 2. The van der Waals surface area contributed by atoms with Gasteiger partial charge in [-0.3, -0.25) is 9.59 Å². The van der Waals surface area contributed by atoms with Crippen molar-refractivity contribution in [2.75, 3.05) is 10.6 Å². The number of rotatable bonds is 1. The molecule has 6 nitrogen and oxygen atoms in total. The third-order valence-electron chi connectivity index (χ3n) is 4.31. The summed E-state index contributed by atoms with van der Waals surface area (Å²) in [5.41, 5.74) is -3.68. The number of carbonyl (C=O) groups excluding carboxylic acids is 2. The van der Waals surface area contributed by atoms with Gasteiger partial charge in [-0.15, -0.1) is 0 Å². The topological polar surface area (TPSA) is 98.7 Å². The number of fused-ring (bicyclic) bond motifs is 2. The van der Waals surface area contributed by atoms with Crippen LogP contribution < -0.4 is 10.6 Å². The zero-order valence-electron chi connectivity index (χ0n) is 11.3. The van der Waals surface area contributed by atoms with Crippen LogP contribution in [0.15, 0.2) is 48.5 Å². The Kier molecular flexibility index (Phi) is 2.33. The SMILES string of the molecule is O=C1Nc2ccccc2C1(O)C1(O)C(=O)Nc2ccccc21. The molecule has 0 radical (unpaired) electrons. The van der Waals surface area contributed by atoms with Crippen molar-refractivity contribution in [3.63, 3.8) is 0 Å². The summed E-state index contributed by atoms with van der Waals surface area (Å²) in [6, 6.07) is 12.9. The summed E-state index contributed by atoms with van der Waals surface area (Å²) in [6.07, 6.45) is 0. The van der Waals surface area contributed by atoms with Crippen molar-refractivity contribution in [3.8, 4) is 0 Å². The summed E-state index contributed by atoms with van der Waals surface area (Å²) < 4.78 is 0. The minimum atomic E-state index is -2.39. The number of amides is 2. The molecule has 2 aromatic rings. The van der Waals surface area contributed by atoms with Crippen LogP contribution >= 0.6 is 0 Å². The lowest BCUT2D eigenvalue weighted by Gasteiger charge is -2.34. The Morgan fingerprint density at radius 2 is 1.05 bits per heavy atom. The van der Waals surface area contributed by atoms with Gasteiger partial charge in [-0.1, -0.05) is 36.4 Å². The highest BCUT2D eigenvalue weighted by Gasteiger charge is 2.67. The molecule has 0 fully saturated rings. The van der Waals surface area contributed by atoms with Gasteiger partial charge >= 0.3 is 0 Å². The van der Waals surface area contributed by atoms with E-state index in [0.717, 1.165) is 0 Å². The smallest absolute Gasteiger partial charge is 0.265 e. The molecular formula is C16H12N2O4. The van der Waals surface area contributed by atoms with Crippen molar-refractivity contribution in [1.29, 1.82) is 0 Å². The van der Waals surface area contributed by atoms with Gasteiger partial charge in [-0.2, -0.15) is 0 Å². The molecule has 6 heteroatoms. The first-order valence-corrected chi connectivity index (χ1v) is 6.76. The van der Waals surface area contributed by atoms with Crippen LogP contribution in [0.25, 0.3) is 0 Å². The molecule has 2 heterocycles. The van der Waals surface area contributed by atoms with E-state index in [9.17, 15) is 19.8 Å². The zero-order chi connectivity index (χ0) is 15.5. The van der Waals surface area contributed by atoms with E-state index in [-0.39, 0.29) is 11.1 Å². The van der Waals surface area contributed by atoms with Gasteiger partial charge in [0.1, 0.15) is 0 Å².